The lowest BCUT2D eigenvalue weighted by atomic mass is 9.69. The summed E-state index contributed by atoms with van der Waals surface area (Å²) in [7, 11) is 0. The number of hydrogen-bond donors (Lipinski definition) is 2. The topological polar surface area (TPSA) is 40.5 Å². The monoisotopic (exact) mass is 304 g/mol. The van der Waals surface area contributed by atoms with Crippen molar-refractivity contribution in [3.05, 3.63) is 28.8 Å². The minimum absolute atomic E-state index is 0.0704. The smallest absolute Gasteiger partial charge is 0.123 e. The summed E-state index contributed by atoms with van der Waals surface area (Å²) in [5.41, 5.74) is 3.45. The van der Waals surface area contributed by atoms with Crippen molar-refractivity contribution in [2.75, 3.05) is 6.61 Å². The minimum atomic E-state index is -0.0704. The number of phenolic OH excluding ortho intramolecular Hbond substituents is 1. The highest BCUT2D eigenvalue weighted by Crippen LogP contribution is 2.46. The van der Waals surface area contributed by atoms with Crippen LogP contribution in [-0.4, -0.2) is 16.8 Å². The van der Waals surface area contributed by atoms with Gasteiger partial charge >= 0.3 is 0 Å². The van der Waals surface area contributed by atoms with E-state index in [-0.39, 0.29) is 17.4 Å². The average Bonchev–Trinajstić information content (AvgIpc) is 2.45. The predicted molar refractivity (Wildman–Crippen MR) is 92.7 cm³/mol. The van der Waals surface area contributed by atoms with E-state index in [0.717, 1.165) is 36.8 Å². The Hall–Kier alpha value is -1.02. The van der Waals surface area contributed by atoms with Crippen molar-refractivity contribution in [3.8, 4) is 5.75 Å². The van der Waals surface area contributed by atoms with E-state index in [9.17, 15) is 5.11 Å². The van der Waals surface area contributed by atoms with Crippen LogP contribution in [0.15, 0.2) is 12.1 Å². The summed E-state index contributed by atoms with van der Waals surface area (Å²) in [6.07, 6.45) is 7.80. The number of aromatic hydroxyl groups is 1. The molecule has 2 nitrogen and oxygen atoms in total. The number of phenols is 1. The van der Waals surface area contributed by atoms with E-state index in [0.29, 0.717) is 5.75 Å². The van der Waals surface area contributed by atoms with E-state index >= 15 is 0 Å². The SMILES string of the molecule is CC(C)(C)c1cc(CCCO)cc(C2(C)CCCCC2)c1O. The first kappa shape index (κ1) is 17.3. The Morgan fingerprint density at radius 1 is 1.09 bits per heavy atom. The summed E-state index contributed by atoms with van der Waals surface area (Å²) in [5, 5.41) is 20.1. The van der Waals surface area contributed by atoms with Crippen molar-refractivity contribution in [3.63, 3.8) is 0 Å². The highest BCUT2D eigenvalue weighted by atomic mass is 16.3. The summed E-state index contributed by atoms with van der Waals surface area (Å²) < 4.78 is 0. The van der Waals surface area contributed by atoms with Gasteiger partial charge in [0.25, 0.3) is 0 Å². The lowest BCUT2D eigenvalue weighted by molar-refractivity contribution is 0.288. The molecular formula is C20H32O2. The Bertz CT molecular complexity index is 505. The molecule has 2 N–H and O–H groups in total. The molecule has 0 unspecified atom stereocenters. The fourth-order valence-electron chi connectivity index (χ4n) is 3.76. The molecule has 1 saturated carbocycles. The fourth-order valence-corrected chi connectivity index (χ4v) is 3.76. The first-order chi connectivity index (χ1) is 10.3. The van der Waals surface area contributed by atoms with Gasteiger partial charge in [-0.25, -0.2) is 0 Å². The molecule has 0 spiro atoms. The minimum Gasteiger partial charge on any atom is -0.507 e. The van der Waals surface area contributed by atoms with Gasteiger partial charge in [-0.1, -0.05) is 59.1 Å². The van der Waals surface area contributed by atoms with Crippen molar-refractivity contribution in [2.45, 2.75) is 83.5 Å². The number of rotatable bonds is 4. The summed E-state index contributed by atoms with van der Waals surface area (Å²) >= 11 is 0. The quantitative estimate of drug-likeness (QED) is 0.836. The van der Waals surface area contributed by atoms with Gasteiger partial charge in [-0.15, -0.1) is 0 Å². The number of aliphatic hydroxyl groups is 1. The zero-order valence-electron chi connectivity index (χ0n) is 14.7. The van der Waals surface area contributed by atoms with Gasteiger partial charge in [-0.05, 0) is 47.6 Å². The van der Waals surface area contributed by atoms with Gasteiger partial charge in [-0.2, -0.15) is 0 Å². The van der Waals surface area contributed by atoms with Gasteiger partial charge in [0.05, 0.1) is 0 Å². The summed E-state index contributed by atoms with van der Waals surface area (Å²) in [6, 6.07) is 4.34. The van der Waals surface area contributed by atoms with Crippen molar-refractivity contribution in [1.82, 2.24) is 0 Å². The molecule has 124 valence electrons. The molecule has 22 heavy (non-hydrogen) atoms. The van der Waals surface area contributed by atoms with Crippen LogP contribution in [0.3, 0.4) is 0 Å². The van der Waals surface area contributed by atoms with E-state index in [1.54, 1.807) is 0 Å². The Labute approximate surface area is 135 Å². The molecule has 1 aromatic carbocycles. The molecule has 0 bridgehead atoms. The molecule has 0 heterocycles. The van der Waals surface area contributed by atoms with E-state index in [1.165, 1.54) is 24.8 Å². The third-order valence-corrected chi connectivity index (χ3v) is 5.21. The van der Waals surface area contributed by atoms with Crippen LogP contribution in [0.1, 0.15) is 82.9 Å². The van der Waals surface area contributed by atoms with Gasteiger partial charge in [0.1, 0.15) is 5.75 Å². The fraction of sp³-hybridized carbons (Fsp3) is 0.700. The van der Waals surface area contributed by atoms with Crippen molar-refractivity contribution in [1.29, 1.82) is 0 Å². The van der Waals surface area contributed by atoms with Gasteiger partial charge < -0.3 is 10.2 Å². The summed E-state index contributed by atoms with van der Waals surface area (Å²) in [6.45, 7) is 9.00. The third kappa shape index (κ3) is 3.65. The lowest BCUT2D eigenvalue weighted by Crippen LogP contribution is -2.26. The molecule has 1 aromatic rings. The van der Waals surface area contributed by atoms with Crippen LogP contribution in [0.2, 0.25) is 0 Å². The van der Waals surface area contributed by atoms with Crippen LogP contribution < -0.4 is 0 Å². The van der Waals surface area contributed by atoms with E-state index in [2.05, 4.69) is 39.8 Å². The molecule has 0 aliphatic heterocycles. The molecule has 1 aliphatic carbocycles. The maximum atomic E-state index is 10.9. The first-order valence-electron chi connectivity index (χ1n) is 8.76. The Morgan fingerprint density at radius 3 is 2.27 bits per heavy atom. The number of hydrogen-bond acceptors (Lipinski definition) is 2. The predicted octanol–water partition coefficient (Wildman–Crippen LogP) is 4.84. The molecular weight excluding hydrogens is 272 g/mol. The van der Waals surface area contributed by atoms with Crippen LogP contribution in [0.4, 0.5) is 0 Å². The molecule has 1 fully saturated rings. The standard InChI is InChI=1S/C20H32O2/c1-19(2,3)16-13-15(9-8-12-21)14-17(18(16)22)20(4)10-6-5-7-11-20/h13-14,21-22H,5-12H2,1-4H3. The zero-order chi connectivity index (χ0) is 16.4. The van der Waals surface area contributed by atoms with Crippen molar-refractivity contribution >= 4 is 0 Å². The molecule has 2 rings (SSSR count). The van der Waals surface area contributed by atoms with Gasteiger partial charge in [0, 0.05) is 12.2 Å². The Morgan fingerprint density at radius 2 is 1.73 bits per heavy atom. The summed E-state index contributed by atoms with van der Waals surface area (Å²) in [4.78, 5) is 0. The largest absolute Gasteiger partial charge is 0.507 e. The maximum Gasteiger partial charge on any atom is 0.123 e. The molecule has 1 aliphatic rings. The molecule has 0 amide bonds. The van der Waals surface area contributed by atoms with Gasteiger partial charge in [0.2, 0.25) is 0 Å². The molecule has 0 radical (unpaired) electrons. The van der Waals surface area contributed by atoms with Crippen LogP contribution in [0, 0.1) is 0 Å². The second kappa shape index (κ2) is 6.62. The highest BCUT2D eigenvalue weighted by Gasteiger charge is 2.33. The van der Waals surface area contributed by atoms with Crippen molar-refractivity contribution < 1.29 is 10.2 Å². The number of benzene rings is 1. The van der Waals surface area contributed by atoms with Crippen LogP contribution in [-0.2, 0) is 17.3 Å². The number of aliphatic hydroxyl groups excluding tert-OH is 1. The normalized spacial score (nSPS) is 18.4. The highest BCUT2D eigenvalue weighted by molar-refractivity contribution is 5.50. The van der Waals surface area contributed by atoms with E-state index < -0.39 is 0 Å². The van der Waals surface area contributed by atoms with Crippen LogP contribution in [0.25, 0.3) is 0 Å². The molecule has 2 heteroatoms. The average molecular weight is 304 g/mol. The molecule has 0 aromatic heterocycles. The van der Waals surface area contributed by atoms with E-state index in [4.69, 9.17) is 5.11 Å². The van der Waals surface area contributed by atoms with Gasteiger partial charge in [0.15, 0.2) is 0 Å². The third-order valence-electron chi connectivity index (χ3n) is 5.21. The Kier molecular flexibility index (Phi) is 5.21. The van der Waals surface area contributed by atoms with Crippen molar-refractivity contribution in [2.24, 2.45) is 0 Å². The van der Waals surface area contributed by atoms with E-state index in [1.807, 2.05) is 0 Å². The first-order valence-corrected chi connectivity index (χ1v) is 8.76. The lowest BCUT2D eigenvalue weighted by Gasteiger charge is -2.36. The van der Waals surface area contributed by atoms with Crippen LogP contribution >= 0.6 is 0 Å². The number of aryl methyl sites for hydroxylation is 1. The van der Waals surface area contributed by atoms with Crippen LogP contribution in [0.5, 0.6) is 5.75 Å². The van der Waals surface area contributed by atoms with Gasteiger partial charge in [-0.3, -0.25) is 0 Å². The molecule has 0 atom stereocenters. The Balaban J connectivity index is 2.51. The second-order valence-electron chi connectivity index (χ2n) is 8.24. The second-order valence-corrected chi connectivity index (χ2v) is 8.24. The maximum absolute atomic E-state index is 10.9. The summed E-state index contributed by atoms with van der Waals surface area (Å²) in [5.74, 6) is 0.504. The molecule has 0 saturated heterocycles. The zero-order valence-corrected chi connectivity index (χ0v) is 14.7.